The van der Waals surface area contributed by atoms with E-state index in [9.17, 15) is 4.39 Å². The molecule has 0 aliphatic rings. The van der Waals surface area contributed by atoms with Crippen LogP contribution in [-0.2, 0) is 13.0 Å². The number of benzene rings is 1. The molecule has 0 saturated heterocycles. The van der Waals surface area contributed by atoms with E-state index in [0.717, 1.165) is 36.3 Å². The Morgan fingerprint density at radius 2 is 2.00 bits per heavy atom. The first kappa shape index (κ1) is 12.8. The Balaban J connectivity index is 2.30. The molecule has 0 fully saturated rings. The second-order valence-corrected chi connectivity index (χ2v) is 4.24. The Kier molecular flexibility index (Phi) is 4.10. The topological polar surface area (TPSA) is 43.8 Å². The Bertz CT molecular complexity index is 502. The molecule has 0 amide bonds. The van der Waals surface area contributed by atoms with Gasteiger partial charge in [-0.3, -0.25) is 4.68 Å². The Morgan fingerprint density at radius 3 is 2.61 bits per heavy atom. The summed E-state index contributed by atoms with van der Waals surface area (Å²) >= 11 is 0. The van der Waals surface area contributed by atoms with Crippen LogP contribution in [0.5, 0.6) is 0 Å². The lowest BCUT2D eigenvalue weighted by Gasteiger charge is -2.03. The molecule has 1 heterocycles. The highest BCUT2D eigenvalue weighted by Crippen LogP contribution is 2.21. The molecule has 1 aromatic carbocycles. The second kappa shape index (κ2) is 5.78. The molecule has 0 spiro atoms. The van der Waals surface area contributed by atoms with Gasteiger partial charge in [0.05, 0.1) is 11.4 Å². The number of hydrogen-bond donors (Lipinski definition) is 1. The first-order valence-corrected chi connectivity index (χ1v) is 6.27. The number of hydrogen-bond acceptors (Lipinski definition) is 2. The molecule has 0 saturated carbocycles. The van der Waals surface area contributed by atoms with Gasteiger partial charge in [0.2, 0.25) is 0 Å². The van der Waals surface area contributed by atoms with Crippen LogP contribution in [0.15, 0.2) is 30.3 Å². The minimum atomic E-state index is -0.218. The van der Waals surface area contributed by atoms with Crippen molar-refractivity contribution in [1.82, 2.24) is 9.78 Å². The van der Waals surface area contributed by atoms with E-state index in [0.29, 0.717) is 6.54 Å². The van der Waals surface area contributed by atoms with Crippen LogP contribution in [0.1, 0.15) is 19.0 Å². The van der Waals surface area contributed by atoms with E-state index in [-0.39, 0.29) is 5.82 Å². The maximum absolute atomic E-state index is 12.9. The number of aryl methyl sites for hydroxylation is 2. The second-order valence-electron chi connectivity index (χ2n) is 4.24. The zero-order valence-electron chi connectivity index (χ0n) is 10.6. The summed E-state index contributed by atoms with van der Waals surface area (Å²) in [4.78, 5) is 0. The molecule has 1 aromatic heterocycles. The molecule has 0 aliphatic heterocycles. The van der Waals surface area contributed by atoms with E-state index in [2.05, 4.69) is 11.2 Å². The summed E-state index contributed by atoms with van der Waals surface area (Å²) in [5, 5.41) is 4.53. The van der Waals surface area contributed by atoms with Gasteiger partial charge in [-0.2, -0.15) is 5.10 Å². The van der Waals surface area contributed by atoms with Crippen molar-refractivity contribution in [3.8, 4) is 11.3 Å². The summed E-state index contributed by atoms with van der Waals surface area (Å²) in [7, 11) is 0. The standard InChI is InChI=1S/C14H18FN3/c1-2-18-14(10-13(17-18)4-3-9-16)11-5-7-12(15)8-6-11/h5-8,10H,2-4,9,16H2,1H3. The lowest BCUT2D eigenvalue weighted by atomic mass is 10.1. The van der Waals surface area contributed by atoms with Crippen molar-refractivity contribution in [1.29, 1.82) is 0 Å². The van der Waals surface area contributed by atoms with Crippen molar-refractivity contribution in [3.63, 3.8) is 0 Å². The van der Waals surface area contributed by atoms with E-state index in [1.165, 1.54) is 12.1 Å². The van der Waals surface area contributed by atoms with Crippen LogP contribution in [0, 0.1) is 5.82 Å². The molecule has 2 N–H and O–H groups in total. The highest BCUT2D eigenvalue weighted by Gasteiger charge is 2.08. The van der Waals surface area contributed by atoms with Gasteiger partial charge in [-0.25, -0.2) is 4.39 Å². The summed E-state index contributed by atoms with van der Waals surface area (Å²) in [5.74, 6) is -0.218. The summed E-state index contributed by atoms with van der Waals surface area (Å²) in [6.07, 6.45) is 1.82. The first-order chi connectivity index (χ1) is 8.74. The molecule has 18 heavy (non-hydrogen) atoms. The summed E-state index contributed by atoms with van der Waals surface area (Å²) < 4.78 is 14.9. The predicted molar refractivity (Wildman–Crippen MR) is 70.7 cm³/mol. The van der Waals surface area contributed by atoms with Crippen LogP contribution in [0.3, 0.4) is 0 Å². The van der Waals surface area contributed by atoms with Crippen LogP contribution in [0.2, 0.25) is 0 Å². The van der Waals surface area contributed by atoms with Gasteiger partial charge in [-0.1, -0.05) is 0 Å². The van der Waals surface area contributed by atoms with Crippen LogP contribution in [0.25, 0.3) is 11.3 Å². The minimum absolute atomic E-state index is 0.218. The minimum Gasteiger partial charge on any atom is -0.330 e. The van der Waals surface area contributed by atoms with Crippen molar-refractivity contribution >= 4 is 0 Å². The van der Waals surface area contributed by atoms with Crippen LogP contribution in [-0.4, -0.2) is 16.3 Å². The van der Waals surface area contributed by atoms with Gasteiger partial charge in [0.1, 0.15) is 5.82 Å². The van der Waals surface area contributed by atoms with E-state index in [1.54, 1.807) is 12.1 Å². The quantitative estimate of drug-likeness (QED) is 0.882. The third-order valence-corrected chi connectivity index (χ3v) is 2.91. The fourth-order valence-electron chi connectivity index (χ4n) is 1.97. The van der Waals surface area contributed by atoms with Crippen molar-refractivity contribution in [2.75, 3.05) is 6.54 Å². The maximum atomic E-state index is 12.9. The highest BCUT2D eigenvalue weighted by molar-refractivity contribution is 5.59. The predicted octanol–water partition coefficient (Wildman–Crippen LogP) is 2.60. The average molecular weight is 247 g/mol. The maximum Gasteiger partial charge on any atom is 0.123 e. The molecular formula is C14H18FN3. The zero-order valence-corrected chi connectivity index (χ0v) is 10.6. The first-order valence-electron chi connectivity index (χ1n) is 6.27. The van der Waals surface area contributed by atoms with Gasteiger partial charge in [-0.15, -0.1) is 0 Å². The monoisotopic (exact) mass is 247 g/mol. The molecule has 4 heteroatoms. The summed E-state index contributed by atoms with van der Waals surface area (Å²) in [5.41, 5.74) is 8.57. The van der Waals surface area contributed by atoms with Gasteiger partial charge in [0.25, 0.3) is 0 Å². The molecule has 0 radical (unpaired) electrons. The average Bonchev–Trinajstić information content (AvgIpc) is 2.80. The Labute approximate surface area is 106 Å². The molecule has 3 nitrogen and oxygen atoms in total. The van der Waals surface area contributed by atoms with Crippen molar-refractivity contribution in [2.45, 2.75) is 26.3 Å². The summed E-state index contributed by atoms with van der Waals surface area (Å²) in [6.45, 7) is 3.52. The lowest BCUT2D eigenvalue weighted by Crippen LogP contribution is -2.02. The largest absolute Gasteiger partial charge is 0.330 e. The third kappa shape index (κ3) is 2.76. The zero-order chi connectivity index (χ0) is 13.0. The van der Waals surface area contributed by atoms with Crippen LogP contribution in [0.4, 0.5) is 4.39 Å². The Morgan fingerprint density at radius 1 is 1.28 bits per heavy atom. The molecule has 0 atom stereocenters. The van der Waals surface area contributed by atoms with Gasteiger partial charge in [0.15, 0.2) is 0 Å². The SMILES string of the molecule is CCn1nc(CCCN)cc1-c1ccc(F)cc1. The molecule has 2 rings (SSSR count). The number of nitrogens with two attached hydrogens (primary N) is 1. The van der Waals surface area contributed by atoms with E-state index < -0.39 is 0 Å². The van der Waals surface area contributed by atoms with E-state index in [4.69, 9.17) is 5.73 Å². The molecule has 2 aromatic rings. The molecule has 0 bridgehead atoms. The van der Waals surface area contributed by atoms with Crippen molar-refractivity contribution in [3.05, 3.63) is 41.8 Å². The molecule has 0 aliphatic carbocycles. The number of nitrogens with zero attached hydrogens (tertiary/aromatic N) is 2. The fourth-order valence-corrected chi connectivity index (χ4v) is 1.97. The van der Waals surface area contributed by atoms with Crippen LogP contribution < -0.4 is 5.73 Å². The molecular weight excluding hydrogens is 229 g/mol. The summed E-state index contributed by atoms with van der Waals surface area (Å²) in [6, 6.07) is 8.58. The fraction of sp³-hybridized carbons (Fsp3) is 0.357. The highest BCUT2D eigenvalue weighted by atomic mass is 19.1. The van der Waals surface area contributed by atoms with Gasteiger partial charge >= 0.3 is 0 Å². The Hall–Kier alpha value is -1.68. The van der Waals surface area contributed by atoms with E-state index in [1.807, 2.05) is 11.6 Å². The third-order valence-electron chi connectivity index (χ3n) is 2.91. The van der Waals surface area contributed by atoms with Gasteiger partial charge in [-0.05, 0) is 62.2 Å². The number of rotatable bonds is 5. The van der Waals surface area contributed by atoms with Crippen molar-refractivity contribution in [2.24, 2.45) is 5.73 Å². The number of aromatic nitrogens is 2. The smallest absolute Gasteiger partial charge is 0.123 e. The van der Waals surface area contributed by atoms with Crippen molar-refractivity contribution < 1.29 is 4.39 Å². The molecule has 0 unspecified atom stereocenters. The number of halogens is 1. The van der Waals surface area contributed by atoms with Gasteiger partial charge in [0, 0.05) is 6.54 Å². The lowest BCUT2D eigenvalue weighted by molar-refractivity contribution is 0.627. The molecule has 96 valence electrons. The van der Waals surface area contributed by atoms with Crippen LogP contribution >= 0.6 is 0 Å². The van der Waals surface area contributed by atoms with E-state index >= 15 is 0 Å². The van der Waals surface area contributed by atoms with Gasteiger partial charge < -0.3 is 5.73 Å². The normalized spacial score (nSPS) is 10.8.